The molecule has 1 amide bonds. The summed E-state index contributed by atoms with van der Waals surface area (Å²) in [7, 11) is 0. The van der Waals surface area contributed by atoms with Gasteiger partial charge in [0.2, 0.25) is 0 Å². The number of aliphatic hydroxyl groups is 1. The van der Waals surface area contributed by atoms with Crippen molar-refractivity contribution in [2.75, 3.05) is 6.54 Å². The third-order valence-electron chi connectivity index (χ3n) is 4.79. The molecule has 0 aliphatic carbocycles. The van der Waals surface area contributed by atoms with Crippen molar-refractivity contribution in [2.24, 2.45) is 0 Å². The lowest BCUT2D eigenvalue weighted by Crippen LogP contribution is -2.40. The van der Waals surface area contributed by atoms with E-state index in [-0.39, 0.29) is 11.9 Å². The lowest BCUT2D eigenvalue weighted by Gasteiger charge is -2.33. The zero-order valence-electron chi connectivity index (χ0n) is 12.9. The smallest absolute Gasteiger partial charge is 0.255 e. The molecule has 0 radical (unpaired) electrons. The van der Waals surface area contributed by atoms with Crippen molar-refractivity contribution in [1.82, 2.24) is 4.90 Å². The Hall–Kier alpha value is -2.39. The van der Waals surface area contributed by atoms with Crippen LogP contribution in [-0.2, 0) is 4.79 Å². The van der Waals surface area contributed by atoms with Gasteiger partial charge in [0.25, 0.3) is 5.91 Å². The summed E-state index contributed by atoms with van der Waals surface area (Å²) in [5.74, 6) is 0.0443. The molecule has 2 atom stereocenters. The quantitative estimate of drug-likeness (QED) is 0.926. The van der Waals surface area contributed by atoms with Crippen LogP contribution in [0.1, 0.15) is 24.0 Å². The maximum Gasteiger partial charge on any atom is 0.255 e. The second kappa shape index (κ2) is 5.67. The fourth-order valence-corrected chi connectivity index (χ4v) is 3.75. The van der Waals surface area contributed by atoms with Gasteiger partial charge in [0.05, 0.1) is 11.7 Å². The number of aliphatic hydroxyl groups excluding tert-OH is 1. The van der Waals surface area contributed by atoms with Crippen molar-refractivity contribution in [3.8, 4) is 0 Å². The summed E-state index contributed by atoms with van der Waals surface area (Å²) in [4.78, 5) is 14.9. The van der Waals surface area contributed by atoms with Crippen LogP contribution < -0.4 is 0 Å². The van der Waals surface area contributed by atoms with Gasteiger partial charge in [-0.1, -0.05) is 60.7 Å². The van der Waals surface area contributed by atoms with Crippen LogP contribution in [0.2, 0.25) is 0 Å². The first-order valence-electron chi connectivity index (χ1n) is 8.07. The van der Waals surface area contributed by atoms with Gasteiger partial charge in [0.1, 0.15) is 0 Å². The van der Waals surface area contributed by atoms with Crippen molar-refractivity contribution in [3.05, 3.63) is 71.8 Å². The van der Waals surface area contributed by atoms with Gasteiger partial charge in [-0.05, 0) is 29.5 Å². The average Bonchev–Trinajstić information content (AvgIpc) is 2.97. The topological polar surface area (TPSA) is 40.5 Å². The lowest BCUT2D eigenvalue weighted by molar-refractivity contribution is -0.126. The highest BCUT2D eigenvalue weighted by molar-refractivity contribution is 6.28. The predicted molar refractivity (Wildman–Crippen MR) is 90.4 cm³/mol. The molecule has 1 fully saturated rings. The van der Waals surface area contributed by atoms with Gasteiger partial charge in [0, 0.05) is 12.6 Å². The van der Waals surface area contributed by atoms with E-state index in [9.17, 15) is 9.90 Å². The molecule has 3 nitrogen and oxygen atoms in total. The molecule has 2 aliphatic heterocycles. The molecule has 0 spiro atoms. The summed E-state index contributed by atoms with van der Waals surface area (Å²) in [6.45, 7) is 0.446. The largest absolute Gasteiger partial charge is 0.391 e. The summed E-state index contributed by atoms with van der Waals surface area (Å²) in [5, 5.41) is 9.98. The highest BCUT2D eigenvalue weighted by Crippen LogP contribution is 2.40. The standard InChI is InChI=1S/C20H19NO2/c22-17-11-16-12-18(14-7-3-1-4-8-14)19(20(23)21(16)13-17)15-9-5-2-6-10-15/h1-10,16-17,22H,11-13H2/t16-,17-/m1/s1. The first-order chi connectivity index (χ1) is 11.2. The van der Waals surface area contributed by atoms with E-state index in [2.05, 4.69) is 12.1 Å². The van der Waals surface area contributed by atoms with Gasteiger partial charge in [0.15, 0.2) is 0 Å². The summed E-state index contributed by atoms with van der Waals surface area (Å²) in [5.41, 5.74) is 3.93. The van der Waals surface area contributed by atoms with Crippen molar-refractivity contribution >= 4 is 17.1 Å². The van der Waals surface area contributed by atoms with E-state index in [1.165, 1.54) is 0 Å². The van der Waals surface area contributed by atoms with E-state index in [0.717, 1.165) is 28.7 Å². The number of hydrogen-bond acceptors (Lipinski definition) is 2. The number of nitrogens with zero attached hydrogens (tertiary/aromatic N) is 1. The second-order valence-corrected chi connectivity index (χ2v) is 6.29. The lowest BCUT2D eigenvalue weighted by atomic mass is 9.85. The molecule has 4 rings (SSSR count). The number of hydrogen-bond donors (Lipinski definition) is 1. The third-order valence-corrected chi connectivity index (χ3v) is 4.79. The molecule has 0 bridgehead atoms. The number of amides is 1. The number of fused-ring (bicyclic) bond motifs is 1. The van der Waals surface area contributed by atoms with Gasteiger partial charge in [-0.15, -0.1) is 0 Å². The zero-order chi connectivity index (χ0) is 15.8. The molecule has 0 saturated carbocycles. The van der Waals surface area contributed by atoms with E-state index < -0.39 is 6.10 Å². The van der Waals surface area contributed by atoms with E-state index in [1.807, 2.05) is 53.4 Å². The Morgan fingerprint density at radius 2 is 1.52 bits per heavy atom. The molecule has 3 heteroatoms. The maximum absolute atomic E-state index is 13.1. The number of carbonyl (C=O) groups is 1. The molecule has 23 heavy (non-hydrogen) atoms. The second-order valence-electron chi connectivity index (χ2n) is 6.29. The molecular formula is C20H19NO2. The van der Waals surface area contributed by atoms with Crippen molar-refractivity contribution in [1.29, 1.82) is 0 Å². The Morgan fingerprint density at radius 1 is 0.913 bits per heavy atom. The molecule has 116 valence electrons. The fourth-order valence-electron chi connectivity index (χ4n) is 3.75. The third kappa shape index (κ3) is 2.47. The monoisotopic (exact) mass is 305 g/mol. The van der Waals surface area contributed by atoms with Gasteiger partial charge < -0.3 is 10.0 Å². The highest BCUT2D eigenvalue weighted by atomic mass is 16.3. The Labute approximate surface area is 135 Å². The number of benzene rings is 2. The first-order valence-corrected chi connectivity index (χ1v) is 8.07. The predicted octanol–water partition coefficient (Wildman–Crippen LogP) is 2.96. The summed E-state index contributed by atoms with van der Waals surface area (Å²) in [6.07, 6.45) is 1.07. The maximum atomic E-state index is 13.1. The Balaban J connectivity index is 1.88. The van der Waals surface area contributed by atoms with E-state index >= 15 is 0 Å². The Morgan fingerprint density at radius 3 is 2.17 bits per heavy atom. The molecule has 0 unspecified atom stereocenters. The fraction of sp³-hybridized carbons (Fsp3) is 0.250. The van der Waals surface area contributed by atoms with E-state index in [0.29, 0.717) is 13.0 Å². The molecule has 2 aromatic rings. The van der Waals surface area contributed by atoms with Crippen LogP contribution in [0.5, 0.6) is 0 Å². The summed E-state index contributed by atoms with van der Waals surface area (Å²) in [6, 6.07) is 20.1. The molecule has 1 N–H and O–H groups in total. The van der Waals surface area contributed by atoms with Crippen molar-refractivity contribution in [2.45, 2.75) is 25.0 Å². The van der Waals surface area contributed by atoms with Crippen LogP contribution in [0.3, 0.4) is 0 Å². The molecule has 1 saturated heterocycles. The van der Waals surface area contributed by atoms with Crippen LogP contribution in [0, 0.1) is 0 Å². The molecule has 0 aromatic heterocycles. The minimum atomic E-state index is -0.406. The normalized spacial score (nSPS) is 24.0. The van der Waals surface area contributed by atoms with E-state index in [4.69, 9.17) is 0 Å². The number of rotatable bonds is 2. The first kappa shape index (κ1) is 14.2. The number of carbonyl (C=O) groups excluding carboxylic acids is 1. The van der Waals surface area contributed by atoms with Crippen LogP contribution in [0.25, 0.3) is 11.1 Å². The summed E-state index contributed by atoms with van der Waals surface area (Å²) >= 11 is 0. The SMILES string of the molecule is O=C1C(c2ccccc2)=C(c2ccccc2)C[C@H]2C[C@@H](O)CN12. The minimum absolute atomic E-state index is 0.0443. The molecular weight excluding hydrogens is 286 g/mol. The van der Waals surface area contributed by atoms with Gasteiger partial charge in [-0.25, -0.2) is 0 Å². The van der Waals surface area contributed by atoms with Crippen LogP contribution in [-0.4, -0.2) is 34.6 Å². The average molecular weight is 305 g/mol. The Bertz CT molecular complexity index is 752. The zero-order valence-corrected chi connectivity index (χ0v) is 12.9. The van der Waals surface area contributed by atoms with Crippen LogP contribution in [0.4, 0.5) is 0 Å². The van der Waals surface area contributed by atoms with Crippen molar-refractivity contribution < 1.29 is 9.90 Å². The van der Waals surface area contributed by atoms with Crippen LogP contribution in [0.15, 0.2) is 60.7 Å². The summed E-state index contributed by atoms with van der Waals surface area (Å²) < 4.78 is 0. The van der Waals surface area contributed by atoms with Crippen molar-refractivity contribution in [3.63, 3.8) is 0 Å². The van der Waals surface area contributed by atoms with E-state index in [1.54, 1.807) is 0 Å². The van der Waals surface area contributed by atoms with Crippen LogP contribution >= 0.6 is 0 Å². The molecule has 2 aromatic carbocycles. The highest BCUT2D eigenvalue weighted by Gasteiger charge is 2.41. The Kier molecular flexibility index (Phi) is 3.50. The van der Waals surface area contributed by atoms with Gasteiger partial charge >= 0.3 is 0 Å². The van der Waals surface area contributed by atoms with Gasteiger partial charge in [-0.3, -0.25) is 4.79 Å². The molecule has 2 heterocycles. The minimum Gasteiger partial charge on any atom is -0.391 e. The van der Waals surface area contributed by atoms with Gasteiger partial charge in [-0.2, -0.15) is 0 Å². The molecule has 2 aliphatic rings.